The van der Waals surface area contributed by atoms with Gasteiger partial charge in [-0.1, -0.05) is 0 Å². The number of nitro benzene ring substituents is 1. The number of hydrogen-bond donors (Lipinski definition) is 3. The maximum atomic E-state index is 12.4. The standard InChI is InChI=1S/C16H16N4O5S2/c1-25-11-3-2-8(20(23)24)6-10(11)18-16(22)19-15-13(14(17)21)9-4-5-26-7-12(9)27-15/h2-3,6H,4-5,7H2,1H3,(H2,17,21)(H2,18,19,22). The number of fused-ring (bicyclic) bond motifs is 1. The van der Waals surface area contributed by atoms with Gasteiger partial charge >= 0.3 is 6.03 Å². The first-order valence-electron chi connectivity index (χ1n) is 7.83. The molecular formula is C16H16N4O5S2. The molecule has 0 bridgehead atoms. The van der Waals surface area contributed by atoms with E-state index in [0.717, 1.165) is 28.4 Å². The lowest BCUT2D eigenvalue weighted by atomic mass is 10.1. The van der Waals surface area contributed by atoms with Crippen LogP contribution in [0.15, 0.2) is 18.2 Å². The van der Waals surface area contributed by atoms with Crippen LogP contribution in [0.4, 0.5) is 21.2 Å². The maximum absolute atomic E-state index is 12.4. The van der Waals surface area contributed by atoms with Gasteiger partial charge in [-0.15, -0.1) is 11.3 Å². The van der Waals surface area contributed by atoms with E-state index in [1.54, 1.807) is 11.8 Å². The third-order valence-electron chi connectivity index (χ3n) is 3.94. The molecule has 3 rings (SSSR count). The molecule has 0 spiro atoms. The van der Waals surface area contributed by atoms with Crippen LogP contribution in [0.3, 0.4) is 0 Å². The average Bonchev–Trinajstić information content (AvgIpc) is 2.99. The molecule has 1 aliphatic heterocycles. The van der Waals surface area contributed by atoms with Gasteiger partial charge in [0.2, 0.25) is 0 Å². The number of rotatable bonds is 5. The molecule has 1 aliphatic rings. The lowest BCUT2D eigenvalue weighted by Crippen LogP contribution is -2.22. The van der Waals surface area contributed by atoms with Gasteiger partial charge in [0.15, 0.2) is 0 Å². The van der Waals surface area contributed by atoms with Crippen molar-refractivity contribution in [3.05, 3.63) is 44.3 Å². The van der Waals surface area contributed by atoms with E-state index in [2.05, 4.69) is 10.6 Å². The van der Waals surface area contributed by atoms with E-state index < -0.39 is 16.9 Å². The van der Waals surface area contributed by atoms with Gasteiger partial charge in [-0.2, -0.15) is 11.8 Å². The van der Waals surface area contributed by atoms with E-state index in [-0.39, 0.29) is 17.1 Å². The first kappa shape index (κ1) is 19.0. The second-order valence-electron chi connectivity index (χ2n) is 5.60. The van der Waals surface area contributed by atoms with Crippen molar-refractivity contribution in [1.82, 2.24) is 0 Å². The molecule has 0 radical (unpaired) electrons. The number of carbonyl (C=O) groups excluding carboxylic acids is 2. The summed E-state index contributed by atoms with van der Waals surface area (Å²) in [4.78, 5) is 35.7. The molecule has 0 fully saturated rings. The SMILES string of the molecule is COc1ccc([N+](=O)[O-])cc1NC(=O)Nc1sc2c(c1C(N)=O)CCSC2. The molecule has 0 unspecified atom stereocenters. The zero-order valence-corrected chi connectivity index (χ0v) is 15.9. The van der Waals surface area contributed by atoms with Crippen LogP contribution < -0.4 is 21.1 Å². The Balaban J connectivity index is 1.85. The van der Waals surface area contributed by atoms with E-state index in [1.807, 2.05) is 0 Å². The van der Waals surface area contributed by atoms with E-state index in [9.17, 15) is 19.7 Å². The summed E-state index contributed by atoms with van der Waals surface area (Å²) >= 11 is 3.07. The minimum absolute atomic E-state index is 0.140. The Bertz CT molecular complexity index is 928. The van der Waals surface area contributed by atoms with E-state index in [0.29, 0.717) is 10.6 Å². The van der Waals surface area contributed by atoms with Crippen LogP contribution in [0.1, 0.15) is 20.8 Å². The summed E-state index contributed by atoms with van der Waals surface area (Å²) in [6.45, 7) is 0. The molecule has 0 saturated heterocycles. The van der Waals surface area contributed by atoms with Crippen molar-refractivity contribution in [3.8, 4) is 5.75 Å². The zero-order valence-electron chi connectivity index (χ0n) is 14.2. The highest BCUT2D eigenvalue weighted by Gasteiger charge is 2.25. The molecule has 2 aromatic rings. The van der Waals surface area contributed by atoms with Crippen LogP contribution >= 0.6 is 23.1 Å². The highest BCUT2D eigenvalue weighted by molar-refractivity contribution is 7.98. The number of nitrogens with one attached hydrogen (secondary N) is 2. The number of primary amides is 1. The van der Waals surface area contributed by atoms with Crippen molar-refractivity contribution >= 4 is 51.4 Å². The summed E-state index contributed by atoms with van der Waals surface area (Å²) in [6.07, 6.45) is 0.719. The predicted molar refractivity (Wildman–Crippen MR) is 105 cm³/mol. The van der Waals surface area contributed by atoms with Crippen LogP contribution in [0.2, 0.25) is 0 Å². The van der Waals surface area contributed by atoms with Crippen molar-refractivity contribution in [2.75, 3.05) is 23.5 Å². The molecule has 27 heavy (non-hydrogen) atoms. The number of methoxy groups -OCH3 is 1. The Kier molecular flexibility index (Phi) is 5.51. The minimum Gasteiger partial charge on any atom is -0.495 e. The van der Waals surface area contributed by atoms with Crippen molar-refractivity contribution in [1.29, 1.82) is 0 Å². The van der Waals surface area contributed by atoms with Crippen molar-refractivity contribution in [3.63, 3.8) is 0 Å². The van der Waals surface area contributed by atoms with Crippen molar-refractivity contribution in [2.45, 2.75) is 12.2 Å². The second-order valence-corrected chi connectivity index (χ2v) is 7.81. The molecule has 4 N–H and O–H groups in total. The third kappa shape index (κ3) is 3.98. The number of nitrogens with two attached hydrogens (primary N) is 1. The second kappa shape index (κ2) is 7.84. The maximum Gasteiger partial charge on any atom is 0.324 e. The van der Waals surface area contributed by atoms with Crippen LogP contribution in [0.25, 0.3) is 0 Å². The summed E-state index contributed by atoms with van der Waals surface area (Å²) in [7, 11) is 1.39. The minimum atomic E-state index is -0.650. The first-order chi connectivity index (χ1) is 12.9. The molecule has 1 aromatic carbocycles. The fraction of sp³-hybridized carbons (Fsp3) is 0.250. The Hall–Kier alpha value is -2.79. The van der Waals surface area contributed by atoms with E-state index in [1.165, 1.54) is 36.6 Å². The number of amides is 3. The van der Waals surface area contributed by atoms with Gasteiger partial charge in [-0.25, -0.2) is 4.79 Å². The van der Waals surface area contributed by atoms with E-state index in [4.69, 9.17) is 10.5 Å². The molecule has 0 saturated carbocycles. The Labute approximate surface area is 162 Å². The Morgan fingerprint density at radius 2 is 2.11 bits per heavy atom. The predicted octanol–water partition coefficient (Wildman–Crippen LogP) is 3.20. The average molecular weight is 408 g/mol. The number of hydrogen-bond acceptors (Lipinski definition) is 7. The molecule has 0 aliphatic carbocycles. The van der Waals surface area contributed by atoms with Crippen LogP contribution in [-0.2, 0) is 12.2 Å². The monoisotopic (exact) mass is 408 g/mol. The Morgan fingerprint density at radius 3 is 2.78 bits per heavy atom. The lowest BCUT2D eigenvalue weighted by Gasteiger charge is -2.12. The van der Waals surface area contributed by atoms with Crippen LogP contribution in [0, 0.1) is 10.1 Å². The normalized spacial score (nSPS) is 12.8. The van der Waals surface area contributed by atoms with Crippen molar-refractivity contribution < 1.29 is 19.2 Å². The summed E-state index contributed by atoms with van der Waals surface area (Å²) in [5, 5.41) is 16.5. The number of benzene rings is 1. The number of anilines is 2. The topological polar surface area (TPSA) is 137 Å². The highest BCUT2D eigenvalue weighted by Crippen LogP contribution is 2.39. The van der Waals surface area contributed by atoms with Gasteiger partial charge in [-0.05, 0) is 23.8 Å². The Morgan fingerprint density at radius 1 is 1.33 bits per heavy atom. The molecule has 3 amide bonds. The van der Waals surface area contributed by atoms with Crippen LogP contribution in [0.5, 0.6) is 5.75 Å². The van der Waals surface area contributed by atoms with Gasteiger partial charge in [0.25, 0.3) is 11.6 Å². The van der Waals surface area contributed by atoms with E-state index >= 15 is 0 Å². The lowest BCUT2D eigenvalue weighted by molar-refractivity contribution is -0.384. The summed E-state index contributed by atoms with van der Waals surface area (Å²) in [5.41, 5.74) is 6.67. The molecule has 1 aromatic heterocycles. The molecule has 0 atom stereocenters. The summed E-state index contributed by atoms with van der Waals surface area (Å²) < 4.78 is 5.12. The number of carbonyl (C=O) groups is 2. The third-order valence-corrected chi connectivity index (χ3v) is 6.25. The quantitative estimate of drug-likeness (QED) is 0.513. The number of nitrogens with zero attached hydrogens (tertiary/aromatic N) is 1. The number of urea groups is 1. The largest absolute Gasteiger partial charge is 0.495 e. The molecule has 11 heteroatoms. The number of nitro groups is 1. The molecule has 142 valence electrons. The van der Waals surface area contributed by atoms with Gasteiger partial charge in [-0.3, -0.25) is 20.2 Å². The number of thiophene rings is 1. The fourth-order valence-electron chi connectivity index (χ4n) is 2.74. The number of non-ortho nitro benzene ring substituents is 1. The fourth-order valence-corrected chi connectivity index (χ4v) is 5.13. The first-order valence-corrected chi connectivity index (χ1v) is 9.80. The number of ether oxygens (including phenoxy) is 1. The highest BCUT2D eigenvalue weighted by atomic mass is 32.2. The van der Waals surface area contributed by atoms with Crippen LogP contribution in [-0.4, -0.2) is 29.7 Å². The van der Waals surface area contributed by atoms with Gasteiger partial charge in [0, 0.05) is 22.8 Å². The molecule has 9 nitrogen and oxygen atoms in total. The van der Waals surface area contributed by atoms with Gasteiger partial charge < -0.3 is 15.8 Å². The molecular weight excluding hydrogens is 392 g/mol. The number of thioether (sulfide) groups is 1. The summed E-state index contributed by atoms with van der Waals surface area (Å²) in [5.74, 6) is 1.33. The smallest absolute Gasteiger partial charge is 0.324 e. The van der Waals surface area contributed by atoms with Gasteiger partial charge in [0.05, 0.1) is 23.3 Å². The molecule has 2 heterocycles. The van der Waals surface area contributed by atoms with Crippen molar-refractivity contribution in [2.24, 2.45) is 5.73 Å². The summed E-state index contributed by atoms with van der Waals surface area (Å²) in [6, 6.07) is 3.22. The van der Waals surface area contributed by atoms with Gasteiger partial charge in [0.1, 0.15) is 10.8 Å². The zero-order chi connectivity index (χ0) is 19.6.